The Kier molecular flexibility index (Phi) is 3.97. The summed E-state index contributed by atoms with van der Waals surface area (Å²) in [4.78, 5) is 12.3. The first-order valence-electron chi connectivity index (χ1n) is 6.97. The van der Waals surface area contributed by atoms with Crippen LogP contribution in [-0.2, 0) is 4.79 Å². The summed E-state index contributed by atoms with van der Waals surface area (Å²) in [6, 6.07) is 10.0. The van der Waals surface area contributed by atoms with Gasteiger partial charge in [-0.25, -0.2) is 0 Å². The van der Waals surface area contributed by atoms with E-state index in [1.807, 2.05) is 30.3 Å². The van der Waals surface area contributed by atoms with Gasteiger partial charge in [0.2, 0.25) is 5.91 Å². The second-order valence-electron chi connectivity index (χ2n) is 6.21. The summed E-state index contributed by atoms with van der Waals surface area (Å²) in [6.45, 7) is 10.6. The van der Waals surface area contributed by atoms with E-state index in [1.165, 1.54) is 0 Å². The number of rotatable bonds is 4. The molecule has 0 saturated carbocycles. The first-order valence-corrected chi connectivity index (χ1v) is 7.51. The van der Waals surface area contributed by atoms with Crippen molar-refractivity contribution in [3.63, 3.8) is 0 Å². The maximum absolute atomic E-state index is 12.3. The Morgan fingerprint density at radius 3 is 2.45 bits per heavy atom. The average Bonchev–Trinajstić information content (AvgIpc) is 2.60. The third-order valence-electron chi connectivity index (χ3n) is 4.97. The van der Waals surface area contributed by atoms with Gasteiger partial charge in [0.25, 0.3) is 0 Å². The molecule has 1 aromatic carbocycles. The highest BCUT2D eigenvalue weighted by molar-refractivity contribution is 6.18. The number of amides is 1. The van der Waals surface area contributed by atoms with Crippen molar-refractivity contribution in [1.82, 2.24) is 5.32 Å². The number of alkyl halides is 1. The van der Waals surface area contributed by atoms with E-state index in [0.717, 1.165) is 11.1 Å². The monoisotopic (exact) mass is 291 g/mol. The summed E-state index contributed by atoms with van der Waals surface area (Å²) in [5.41, 5.74) is 1.33. The van der Waals surface area contributed by atoms with Gasteiger partial charge in [0.1, 0.15) is 0 Å². The Morgan fingerprint density at radius 2 is 1.90 bits per heavy atom. The second-order valence-corrected chi connectivity index (χ2v) is 6.59. The van der Waals surface area contributed by atoms with Crippen molar-refractivity contribution in [2.45, 2.75) is 32.7 Å². The molecule has 2 atom stereocenters. The van der Waals surface area contributed by atoms with E-state index in [-0.39, 0.29) is 17.2 Å². The minimum absolute atomic E-state index is 0.0783. The highest BCUT2D eigenvalue weighted by Crippen LogP contribution is 2.50. The Labute approximate surface area is 126 Å². The Bertz CT molecular complexity index is 523. The molecular weight excluding hydrogens is 270 g/mol. The van der Waals surface area contributed by atoms with E-state index in [4.69, 9.17) is 11.6 Å². The summed E-state index contributed by atoms with van der Waals surface area (Å²) in [6.07, 6.45) is 0.693. The largest absolute Gasteiger partial charge is 0.346 e. The van der Waals surface area contributed by atoms with E-state index in [2.05, 4.69) is 32.7 Å². The van der Waals surface area contributed by atoms with Gasteiger partial charge in [0, 0.05) is 17.2 Å². The summed E-state index contributed by atoms with van der Waals surface area (Å²) < 4.78 is 0. The van der Waals surface area contributed by atoms with Crippen LogP contribution in [0.25, 0.3) is 5.57 Å². The molecule has 1 aromatic rings. The lowest BCUT2D eigenvalue weighted by Gasteiger charge is -2.41. The molecule has 1 N–H and O–H groups in total. The predicted octanol–water partition coefficient (Wildman–Crippen LogP) is 3.86. The third-order valence-corrected chi connectivity index (χ3v) is 5.19. The van der Waals surface area contributed by atoms with Crippen molar-refractivity contribution in [3.8, 4) is 0 Å². The van der Waals surface area contributed by atoms with Gasteiger partial charge in [-0.3, -0.25) is 4.79 Å². The predicted molar refractivity (Wildman–Crippen MR) is 84.6 cm³/mol. The zero-order chi connectivity index (χ0) is 15.0. The lowest BCUT2D eigenvalue weighted by molar-refractivity contribution is -0.123. The van der Waals surface area contributed by atoms with E-state index >= 15 is 0 Å². The van der Waals surface area contributed by atoms with Crippen molar-refractivity contribution >= 4 is 23.1 Å². The lowest BCUT2D eigenvalue weighted by Crippen LogP contribution is -2.48. The summed E-state index contributed by atoms with van der Waals surface area (Å²) in [7, 11) is 0. The van der Waals surface area contributed by atoms with Crippen molar-refractivity contribution in [2.75, 3.05) is 5.88 Å². The van der Waals surface area contributed by atoms with Gasteiger partial charge in [-0.2, -0.15) is 0 Å². The van der Waals surface area contributed by atoms with Gasteiger partial charge in [-0.15, -0.1) is 11.6 Å². The molecule has 2 nitrogen and oxygen atoms in total. The first kappa shape index (κ1) is 15.1. The van der Waals surface area contributed by atoms with Gasteiger partial charge in [-0.1, -0.05) is 50.8 Å². The molecule has 20 heavy (non-hydrogen) atoms. The molecule has 0 aromatic heterocycles. The summed E-state index contributed by atoms with van der Waals surface area (Å²) >= 11 is 5.86. The minimum atomic E-state index is -0.456. The lowest BCUT2D eigenvalue weighted by atomic mass is 9.64. The maximum atomic E-state index is 12.3. The van der Waals surface area contributed by atoms with Crippen LogP contribution < -0.4 is 5.32 Å². The fourth-order valence-electron chi connectivity index (χ4n) is 3.16. The minimum Gasteiger partial charge on any atom is -0.346 e. The highest BCUT2D eigenvalue weighted by Gasteiger charge is 2.57. The topological polar surface area (TPSA) is 29.1 Å². The Morgan fingerprint density at radius 1 is 1.30 bits per heavy atom. The van der Waals surface area contributed by atoms with Crippen LogP contribution in [0.4, 0.5) is 0 Å². The van der Waals surface area contributed by atoms with Gasteiger partial charge >= 0.3 is 0 Å². The van der Waals surface area contributed by atoms with Gasteiger partial charge in [0.15, 0.2) is 0 Å². The molecule has 1 saturated heterocycles. The fourth-order valence-corrected chi connectivity index (χ4v) is 3.38. The highest BCUT2D eigenvalue weighted by atomic mass is 35.5. The molecule has 0 radical (unpaired) electrons. The first-order chi connectivity index (χ1) is 9.34. The Balaban J connectivity index is 2.40. The third kappa shape index (κ3) is 2.16. The smallest absolute Gasteiger partial charge is 0.224 e. The Hall–Kier alpha value is -1.28. The molecule has 1 amide bonds. The van der Waals surface area contributed by atoms with E-state index in [0.29, 0.717) is 12.3 Å². The zero-order valence-corrected chi connectivity index (χ0v) is 13.1. The molecule has 0 spiro atoms. The number of hydrogen-bond acceptors (Lipinski definition) is 1. The van der Waals surface area contributed by atoms with Crippen LogP contribution in [0.2, 0.25) is 0 Å². The SMILES string of the molecule is C=C(c1ccccc1)[C@@]1(C)NC(=O)[C@H](CCCl)C1(C)C. The van der Waals surface area contributed by atoms with Crippen LogP contribution in [-0.4, -0.2) is 17.3 Å². The quantitative estimate of drug-likeness (QED) is 0.839. The van der Waals surface area contributed by atoms with Crippen molar-refractivity contribution in [1.29, 1.82) is 0 Å². The van der Waals surface area contributed by atoms with Crippen LogP contribution in [0.5, 0.6) is 0 Å². The summed E-state index contributed by atoms with van der Waals surface area (Å²) in [5.74, 6) is 0.496. The standard InChI is InChI=1S/C17H22ClNO/c1-12(13-8-6-5-7-9-13)17(4)16(2,3)14(10-11-18)15(20)19-17/h5-9,14H,1,10-11H2,2-4H3,(H,19,20)/t14-,17+/m0/s1. The molecule has 2 rings (SSSR count). The molecule has 1 aliphatic heterocycles. The maximum Gasteiger partial charge on any atom is 0.224 e. The molecule has 0 aliphatic carbocycles. The average molecular weight is 292 g/mol. The van der Waals surface area contributed by atoms with Crippen LogP contribution in [0, 0.1) is 11.3 Å². The number of nitrogens with one attached hydrogen (secondary N) is 1. The van der Waals surface area contributed by atoms with E-state index in [9.17, 15) is 4.79 Å². The van der Waals surface area contributed by atoms with Gasteiger partial charge in [0.05, 0.1) is 5.54 Å². The number of benzene rings is 1. The number of hydrogen-bond donors (Lipinski definition) is 1. The van der Waals surface area contributed by atoms with Crippen LogP contribution in [0.1, 0.15) is 32.8 Å². The van der Waals surface area contributed by atoms with Gasteiger partial charge in [-0.05, 0) is 24.5 Å². The van der Waals surface area contributed by atoms with E-state index < -0.39 is 5.54 Å². The molecule has 1 fully saturated rings. The molecule has 0 bridgehead atoms. The van der Waals surface area contributed by atoms with Crippen molar-refractivity contribution in [2.24, 2.45) is 11.3 Å². The molecular formula is C17H22ClNO. The van der Waals surface area contributed by atoms with Crippen molar-refractivity contribution < 1.29 is 4.79 Å². The molecule has 1 aliphatic rings. The van der Waals surface area contributed by atoms with E-state index in [1.54, 1.807) is 0 Å². The normalized spacial score (nSPS) is 28.2. The van der Waals surface area contributed by atoms with Crippen LogP contribution in [0.15, 0.2) is 36.9 Å². The number of carbonyl (C=O) groups is 1. The zero-order valence-electron chi connectivity index (χ0n) is 12.4. The summed E-state index contributed by atoms with van der Waals surface area (Å²) in [5, 5.41) is 3.16. The molecule has 1 heterocycles. The molecule has 3 heteroatoms. The second kappa shape index (κ2) is 5.25. The van der Waals surface area contributed by atoms with Crippen LogP contribution >= 0.6 is 11.6 Å². The number of halogens is 1. The molecule has 0 unspecified atom stereocenters. The van der Waals surface area contributed by atoms with Gasteiger partial charge < -0.3 is 5.32 Å². The van der Waals surface area contributed by atoms with Crippen molar-refractivity contribution in [3.05, 3.63) is 42.5 Å². The molecule has 108 valence electrons. The fraction of sp³-hybridized carbons (Fsp3) is 0.471. The van der Waals surface area contributed by atoms with Crippen LogP contribution in [0.3, 0.4) is 0 Å². The number of carbonyl (C=O) groups excluding carboxylic acids is 1.